The molecular weight excluding hydrogens is 294 g/mol. The van der Waals surface area contributed by atoms with E-state index in [1.165, 1.54) is 11.3 Å². The summed E-state index contributed by atoms with van der Waals surface area (Å²) in [6.45, 7) is 5.25. The van der Waals surface area contributed by atoms with Crippen molar-refractivity contribution >= 4 is 22.0 Å². The number of thiophene rings is 1. The second kappa shape index (κ2) is 5.32. The first-order chi connectivity index (χ1) is 10.5. The SMILES string of the molecule is Cc1cc(N2CCc3c(sc(N)c3C#N)C2)c(C#N)c(C)n1. The maximum Gasteiger partial charge on any atom is 0.104 e. The molecule has 0 bridgehead atoms. The van der Waals surface area contributed by atoms with Gasteiger partial charge in [-0.05, 0) is 31.9 Å². The van der Waals surface area contributed by atoms with Gasteiger partial charge in [-0.15, -0.1) is 11.3 Å². The summed E-state index contributed by atoms with van der Waals surface area (Å²) in [4.78, 5) is 7.67. The van der Waals surface area contributed by atoms with E-state index in [1.54, 1.807) is 0 Å². The molecular formula is C16H15N5S. The number of rotatable bonds is 1. The van der Waals surface area contributed by atoms with Crippen LogP contribution in [0.4, 0.5) is 10.7 Å². The van der Waals surface area contributed by atoms with E-state index in [0.717, 1.165) is 40.5 Å². The molecule has 1 aliphatic heterocycles. The van der Waals surface area contributed by atoms with Gasteiger partial charge in [-0.2, -0.15) is 10.5 Å². The summed E-state index contributed by atoms with van der Waals surface area (Å²) in [5.74, 6) is 0. The van der Waals surface area contributed by atoms with E-state index in [-0.39, 0.29) is 0 Å². The van der Waals surface area contributed by atoms with E-state index >= 15 is 0 Å². The highest BCUT2D eigenvalue weighted by Crippen LogP contribution is 2.37. The Bertz CT molecular complexity index is 838. The van der Waals surface area contributed by atoms with Crippen LogP contribution in [0, 0.1) is 36.5 Å². The topological polar surface area (TPSA) is 89.7 Å². The Morgan fingerprint density at radius 3 is 2.68 bits per heavy atom. The molecule has 3 rings (SSSR count). The van der Waals surface area contributed by atoms with Crippen LogP contribution < -0.4 is 10.6 Å². The minimum atomic E-state index is 0.594. The number of pyridine rings is 1. The molecule has 0 unspecified atom stereocenters. The molecule has 1 aliphatic rings. The highest BCUT2D eigenvalue weighted by Gasteiger charge is 2.25. The number of hydrogen-bond acceptors (Lipinski definition) is 6. The summed E-state index contributed by atoms with van der Waals surface area (Å²) in [7, 11) is 0. The maximum absolute atomic E-state index is 9.43. The molecule has 0 aliphatic carbocycles. The third-order valence-corrected chi connectivity index (χ3v) is 5.00. The highest BCUT2D eigenvalue weighted by molar-refractivity contribution is 7.16. The Morgan fingerprint density at radius 1 is 1.27 bits per heavy atom. The van der Waals surface area contributed by atoms with Crippen molar-refractivity contribution in [3.63, 3.8) is 0 Å². The van der Waals surface area contributed by atoms with Gasteiger partial charge >= 0.3 is 0 Å². The Labute approximate surface area is 133 Å². The zero-order valence-corrected chi connectivity index (χ0v) is 13.3. The lowest BCUT2D eigenvalue weighted by molar-refractivity contribution is 0.740. The van der Waals surface area contributed by atoms with Gasteiger partial charge in [0.25, 0.3) is 0 Å². The minimum Gasteiger partial charge on any atom is -0.389 e. The molecule has 0 aromatic carbocycles. The fraction of sp³-hybridized carbons (Fsp3) is 0.312. The van der Waals surface area contributed by atoms with Gasteiger partial charge in [0, 0.05) is 17.1 Å². The maximum atomic E-state index is 9.43. The number of hydrogen-bond donors (Lipinski definition) is 1. The van der Waals surface area contributed by atoms with Crippen LogP contribution in [0.3, 0.4) is 0 Å². The van der Waals surface area contributed by atoms with E-state index in [2.05, 4.69) is 22.0 Å². The zero-order chi connectivity index (χ0) is 15.9. The summed E-state index contributed by atoms with van der Waals surface area (Å²) in [6.07, 6.45) is 0.775. The first-order valence-electron chi connectivity index (χ1n) is 6.98. The van der Waals surface area contributed by atoms with Gasteiger partial charge < -0.3 is 10.6 Å². The van der Waals surface area contributed by atoms with Crippen molar-refractivity contribution in [3.05, 3.63) is 39.0 Å². The number of nitrogens with two attached hydrogens (primary N) is 1. The summed E-state index contributed by atoms with van der Waals surface area (Å²) < 4.78 is 0. The second-order valence-electron chi connectivity index (χ2n) is 5.38. The van der Waals surface area contributed by atoms with Crippen LogP contribution in [0.25, 0.3) is 0 Å². The Morgan fingerprint density at radius 2 is 2.00 bits per heavy atom. The van der Waals surface area contributed by atoms with Gasteiger partial charge in [-0.1, -0.05) is 0 Å². The number of nitrogen functional groups attached to an aromatic ring is 1. The molecule has 22 heavy (non-hydrogen) atoms. The Balaban J connectivity index is 2.03. The van der Waals surface area contributed by atoms with Crippen molar-refractivity contribution in [1.82, 2.24) is 4.98 Å². The summed E-state index contributed by atoms with van der Waals surface area (Å²) in [6, 6.07) is 6.42. The van der Waals surface area contributed by atoms with Crippen molar-refractivity contribution in [1.29, 1.82) is 10.5 Å². The molecule has 2 aromatic heterocycles. The molecule has 0 amide bonds. The third-order valence-electron chi connectivity index (χ3n) is 3.96. The van der Waals surface area contributed by atoms with Gasteiger partial charge in [0.1, 0.15) is 17.1 Å². The lowest BCUT2D eigenvalue weighted by Gasteiger charge is -2.30. The van der Waals surface area contributed by atoms with Crippen LogP contribution in [-0.2, 0) is 13.0 Å². The Hall–Kier alpha value is -2.57. The average Bonchev–Trinajstić information content (AvgIpc) is 2.80. The lowest BCUT2D eigenvalue weighted by atomic mass is 10.0. The first kappa shape index (κ1) is 14.4. The van der Waals surface area contributed by atoms with E-state index in [4.69, 9.17) is 5.73 Å². The number of aromatic nitrogens is 1. The van der Waals surface area contributed by atoms with Crippen LogP contribution in [0.2, 0.25) is 0 Å². The monoisotopic (exact) mass is 309 g/mol. The van der Waals surface area contributed by atoms with Crippen LogP contribution in [-0.4, -0.2) is 11.5 Å². The Kier molecular flexibility index (Phi) is 3.48. The predicted molar refractivity (Wildman–Crippen MR) is 86.6 cm³/mol. The van der Waals surface area contributed by atoms with Crippen molar-refractivity contribution in [3.8, 4) is 12.1 Å². The van der Waals surface area contributed by atoms with Crippen LogP contribution in [0.5, 0.6) is 0 Å². The number of nitrogens with zero attached hydrogens (tertiary/aromatic N) is 4. The molecule has 2 N–H and O–H groups in total. The molecule has 6 heteroatoms. The van der Waals surface area contributed by atoms with Crippen LogP contribution in [0.15, 0.2) is 6.07 Å². The standard InChI is InChI=1S/C16H15N5S/c1-9-5-14(12(6-17)10(2)20-9)21-4-3-11-13(7-18)16(19)22-15(11)8-21/h5H,3-4,8,19H2,1-2H3. The third kappa shape index (κ3) is 2.18. The molecule has 0 saturated heterocycles. The molecule has 0 atom stereocenters. The average molecular weight is 309 g/mol. The molecule has 0 spiro atoms. The molecule has 0 radical (unpaired) electrons. The van der Waals surface area contributed by atoms with E-state index in [1.807, 2.05) is 19.9 Å². The minimum absolute atomic E-state index is 0.594. The van der Waals surface area contributed by atoms with Crippen LogP contribution >= 0.6 is 11.3 Å². The fourth-order valence-electron chi connectivity index (χ4n) is 2.95. The van der Waals surface area contributed by atoms with Gasteiger partial charge in [0.2, 0.25) is 0 Å². The van der Waals surface area contributed by atoms with E-state index < -0.39 is 0 Å². The molecule has 2 aromatic rings. The van der Waals surface area contributed by atoms with Crippen LogP contribution in [0.1, 0.15) is 33.0 Å². The predicted octanol–water partition coefficient (Wildman–Crippen LogP) is 2.65. The molecule has 5 nitrogen and oxygen atoms in total. The van der Waals surface area contributed by atoms with Gasteiger partial charge in [-0.25, -0.2) is 0 Å². The molecule has 3 heterocycles. The van der Waals surface area contributed by atoms with Crippen molar-refractivity contribution in [2.75, 3.05) is 17.2 Å². The van der Waals surface area contributed by atoms with Crippen molar-refractivity contribution in [2.45, 2.75) is 26.8 Å². The normalized spacial score (nSPS) is 13.4. The zero-order valence-electron chi connectivity index (χ0n) is 12.5. The largest absolute Gasteiger partial charge is 0.389 e. The number of nitriles is 2. The lowest BCUT2D eigenvalue weighted by Crippen LogP contribution is -2.30. The summed E-state index contributed by atoms with van der Waals surface area (Å²) >= 11 is 1.48. The quantitative estimate of drug-likeness (QED) is 0.874. The number of aryl methyl sites for hydroxylation is 2. The molecule has 0 saturated carbocycles. The smallest absolute Gasteiger partial charge is 0.104 e. The second-order valence-corrected chi connectivity index (χ2v) is 6.52. The molecule has 110 valence electrons. The fourth-order valence-corrected chi connectivity index (χ4v) is 4.03. The first-order valence-corrected chi connectivity index (χ1v) is 7.80. The van der Waals surface area contributed by atoms with Crippen molar-refractivity contribution in [2.24, 2.45) is 0 Å². The molecule has 0 fully saturated rings. The number of anilines is 2. The number of fused-ring (bicyclic) bond motifs is 1. The van der Waals surface area contributed by atoms with Crippen molar-refractivity contribution < 1.29 is 0 Å². The highest BCUT2D eigenvalue weighted by atomic mass is 32.1. The van der Waals surface area contributed by atoms with Gasteiger partial charge in [0.05, 0.1) is 29.1 Å². The van der Waals surface area contributed by atoms with Gasteiger partial charge in [-0.3, -0.25) is 4.98 Å². The van der Waals surface area contributed by atoms with E-state index in [0.29, 0.717) is 22.7 Å². The van der Waals surface area contributed by atoms with Gasteiger partial charge in [0.15, 0.2) is 0 Å². The summed E-state index contributed by atoms with van der Waals surface area (Å²) in [5, 5.41) is 19.2. The van der Waals surface area contributed by atoms with E-state index in [9.17, 15) is 10.5 Å². The summed E-state index contributed by atoms with van der Waals surface area (Å²) in [5.41, 5.74) is 10.8.